The van der Waals surface area contributed by atoms with Crippen LogP contribution in [0, 0.1) is 6.92 Å². The van der Waals surface area contributed by atoms with Crippen molar-refractivity contribution in [3.63, 3.8) is 0 Å². The number of hydrogen-bond acceptors (Lipinski definition) is 5. The number of aromatic nitrogens is 1. The maximum atomic E-state index is 11.8. The summed E-state index contributed by atoms with van der Waals surface area (Å²) in [7, 11) is 0. The first-order valence-corrected chi connectivity index (χ1v) is 7.00. The lowest BCUT2D eigenvalue weighted by Gasteiger charge is -2.10. The predicted molar refractivity (Wildman–Crippen MR) is 77.5 cm³/mol. The van der Waals surface area contributed by atoms with Gasteiger partial charge < -0.3 is 10.3 Å². The van der Waals surface area contributed by atoms with Gasteiger partial charge in [-0.2, -0.15) is 11.8 Å². The molecule has 0 unspecified atom stereocenters. The van der Waals surface area contributed by atoms with Gasteiger partial charge in [0.2, 0.25) is 11.8 Å². The normalized spacial score (nSPS) is 11.8. The molecule has 18 heavy (non-hydrogen) atoms. The molecule has 1 aromatic heterocycles. The Kier molecular flexibility index (Phi) is 8.06. The van der Waals surface area contributed by atoms with Crippen LogP contribution in [0.4, 0.5) is 5.88 Å². The molecule has 3 N–H and O–H groups in total. The molecular formula is C11H20ClN3O2S. The van der Waals surface area contributed by atoms with Crippen molar-refractivity contribution in [3.8, 4) is 0 Å². The number of halogens is 1. The molecule has 0 fully saturated rings. The number of nitrogens with zero attached hydrogens (tertiary/aromatic N) is 1. The average molecular weight is 294 g/mol. The van der Waals surface area contributed by atoms with Crippen molar-refractivity contribution in [1.29, 1.82) is 0 Å². The van der Waals surface area contributed by atoms with Gasteiger partial charge in [-0.05, 0) is 31.8 Å². The Morgan fingerprint density at radius 3 is 2.83 bits per heavy atom. The van der Waals surface area contributed by atoms with Gasteiger partial charge in [0.25, 0.3) is 0 Å². The highest BCUT2D eigenvalue weighted by atomic mass is 35.5. The van der Waals surface area contributed by atoms with E-state index in [1.54, 1.807) is 11.8 Å². The van der Waals surface area contributed by atoms with Gasteiger partial charge in [0.05, 0.1) is 11.7 Å². The van der Waals surface area contributed by atoms with Crippen molar-refractivity contribution in [2.45, 2.75) is 32.7 Å². The first-order chi connectivity index (χ1) is 8.10. The molecule has 0 aliphatic rings. The van der Waals surface area contributed by atoms with Gasteiger partial charge in [-0.25, -0.2) is 0 Å². The monoisotopic (exact) mass is 293 g/mol. The second-order valence-electron chi connectivity index (χ2n) is 3.81. The largest absolute Gasteiger partial charge is 0.338 e. The summed E-state index contributed by atoms with van der Waals surface area (Å²) in [6.45, 7) is 3.84. The van der Waals surface area contributed by atoms with Crippen LogP contribution in [-0.4, -0.2) is 29.1 Å². The Bertz CT molecular complexity index is 384. The molecule has 1 amide bonds. The van der Waals surface area contributed by atoms with Crippen LogP contribution in [0.1, 0.15) is 24.6 Å². The van der Waals surface area contributed by atoms with E-state index >= 15 is 0 Å². The lowest BCUT2D eigenvalue weighted by Crippen LogP contribution is -2.36. The summed E-state index contributed by atoms with van der Waals surface area (Å²) in [5.41, 5.74) is 7.49. The maximum Gasteiger partial charge on any atom is 0.243 e. The summed E-state index contributed by atoms with van der Waals surface area (Å²) >= 11 is 1.67. The van der Waals surface area contributed by atoms with Gasteiger partial charge in [0.1, 0.15) is 0 Å². The van der Waals surface area contributed by atoms with E-state index in [0.717, 1.165) is 23.4 Å². The number of nitrogens with two attached hydrogens (primary N) is 1. The Morgan fingerprint density at radius 2 is 2.28 bits per heavy atom. The molecule has 104 valence electrons. The number of carbonyl (C=O) groups excluding carboxylic acids is 1. The van der Waals surface area contributed by atoms with E-state index in [0.29, 0.717) is 12.3 Å². The van der Waals surface area contributed by atoms with E-state index in [9.17, 15) is 4.79 Å². The Morgan fingerprint density at radius 1 is 1.61 bits per heavy atom. The molecule has 0 saturated heterocycles. The number of hydrogen-bond donors (Lipinski definition) is 2. The number of nitrogens with one attached hydrogen (secondary N) is 1. The molecule has 0 aliphatic carbocycles. The third-order valence-corrected chi connectivity index (χ3v) is 3.19. The fourth-order valence-corrected chi connectivity index (χ4v) is 1.97. The molecule has 0 spiro atoms. The SMILES string of the molecule is CCc1c(C)noc1NC(=O)[C@@H](N)CCSC.Cl. The van der Waals surface area contributed by atoms with Crippen LogP contribution in [0.25, 0.3) is 0 Å². The minimum Gasteiger partial charge on any atom is -0.338 e. The fourth-order valence-electron chi connectivity index (χ4n) is 1.48. The minimum absolute atomic E-state index is 0. The third kappa shape index (κ3) is 4.51. The van der Waals surface area contributed by atoms with Gasteiger partial charge in [0.15, 0.2) is 0 Å². The lowest BCUT2D eigenvalue weighted by atomic mass is 10.2. The molecule has 7 heteroatoms. The molecule has 0 aliphatic heterocycles. The smallest absolute Gasteiger partial charge is 0.243 e. The molecule has 1 heterocycles. The van der Waals surface area contributed by atoms with Crippen LogP contribution in [-0.2, 0) is 11.2 Å². The van der Waals surface area contributed by atoms with Crippen molar-refractivity contribution in [2.75, 3.05) is 17.3 Å². The van der Waals surface area contributed by atoms with Gasteiger partial charge in [-0.3, -0.25) is 10.1 Å². The summed E-state index contributed by atoms with van der Waals surface area (Å²) in [5, 5.41) is 6.52. The Labute approximate surface area is 118 Å². The molecule has 0 aromatic carbocycles. The van der Waals surface area contributed by atoms with Crippen molar-refractivity contribution < 1.29 is 9.32 Å². The van der Waals surface area contributed by atoms with Crippen molar-refractivity contribution in [2.24, 2.45) is 5.73 Å². The van der Waals surface area contributed by atoms with Crippen LogP contribution >= 0.6 is 24.2 Å². The first kappa shape index (κ1) is 17.3. The molecule has 0 bridgehead atoms. The summed E-state index contributed by atoms with van der Waals surface area (Å²) < 4.78 is 5.07. The van der Waals surface area contributed by atoms with E-state index in [2.05, 4.69) is 10.5 Å². The maximum absolute atomic E-state index is 11.8. The zero-order chi connectivity index (χ0) is 12.8. The van der Waals surface area contributed by atoms with Gasteiger partial charge >= 0.3 is 0 Å². The van der Waals surface area contributed by atoms with Crippen LogP contribution in [0.2, 0.25) is 0 Å². The quantitative estimate of drug-likeness (QED) is 0.838. The number of rotatable bonds is 6. The van der Waals surface area contributed by atoms with Crippen LogP contribution in [0.5, 0.6) is 0 Å². The summed E-state index contributed by atoms with van der Waals surface area (Å²) in [5.74, 6) is 1.07. The highest BCUT2D eigenvalue weighted by molar-refractivity contribution is 7.98. The molecule has 1 rings (SSSR count). The van der Waals surface area contributed by atoms with Crippen LogP contribution in [0.3, 0.4) is 0 Å². The van der Waals surface area contributed by atoms with E-state index in [-0.39, 0.29) is 18.3 Å². The minimum atomic E-state index is -0.502. The predicted octanol–water partition coefficient (Wildman–Crippen LogP) is 1.99. The molecule has 5 nitrogen and oxygen atoms in total. The summed E-state index contributed by atoms with van der Waals surface area (Å²) in [6.07, 6.45) is 3.41. The molecular weight excluding hydrogens is 274 g/mol. The number of anilines is 1. The van der Waals surface area contributed by atoms with E-state index < -0.39 is 6.04 Å². The third-order valence-electron chi connectivity index (χ3n) is 2.54. The van der Waals surface area contributed by atoms with E-state index in [1.165, 1.54) is 0 Å². The Hall–Kier alpha value is -0.720. The molecule has 1 atom stereocenters. The summed E-state index contributed by atoms with van der Waals surface area (Å²) in [4.78, 5) is 11.8. The average Bonchev–Trinajstić information content (AvgIpc) is 2.66. The zero-order valence-corrected chi connectivity index (χ0v) is 12.5. The van der Waals surface area contributed by atoms with Crippen molar-refractivity contribution >= 4 is 36.0 Å². The second-order valence-corrected chi connectivity index (χ2v) is 4.79. The number of amides is 1. The Balaban J connectivity index is 0.00000289. The van der Waals surface area contributed by atoms with Crippen molar-refractivity contribution in [3.05, 3.63) is 11.3 Å². The van der Waals surface area contributed by atoms with Crippen LogP contribution < -0.4 is 11.1 Å². The van der Waals surface area contributed by atoms with Gasteiger partial charge in [-0.15, -0.1) is 12.4 Å². The molecule has 1 aromatic rings. The van der Waals surface area contributed by atoms with E-state index in [4.69, 9.17) is 10.3 Å². The topological polar surface area (TPSA) is 81.2 Å². The molecule has 0 saturated carbocycles. The second kappa shape index (κ2) is 8.39. The zero-order valence-electron chi connectivity index (χ0n) is 10.9. The standard InChI is InChI=1S/C11H19N3O2S.ClH/c1-4-8-7(2)14-16-11(8)13-10(15)9(12)5-6-17-3;/h9H,4-6,12H2,1-3H3,(H,13,15);1H/t9-;/m0./s1. The van der Waals surface area contributed by atoms with Crippen LogP contribution in [0.15, 0.2) is 4.52 Å². The number of thioether (sulfide) groups is 1. The highest BCUT2D eigenvalue weighted by Crippen LogP contribution is 2.19. The fraction of sp³-hybridized carbons (Fsp3) is 0.636. The van der Waals surface area contributed by atoms with Gasteiger partial charge in [0, 0.05) is 5.56 Å². The highest BCUT2D eigenvalue weighted by Gasteiger charge is 2.18. The lowest BCUT2D eigenvalue weighted by molar-refractivity contribution is -0.117. The van der Waals surface area contributed by atoms with Gasteiger partial charge in [-0.1, -0.05) is 12.1 Å². The first-order valence-electron chi connectivity index (χ1n) is 5.60. The number of carbonyl (C=O) groups is 1. The summed E-state index contributed by atoms with van der Waals surface area (Å²) in [6, 6.07) is -0.502. The number of aryl methyl sites for hydroxylation is 1. The van der Waals surface area contributed by atoms with E-state index in [1.807, 2.05) is 20.1 Å². The van der Waals surface area contributed by atoms with Crippen molar-refractivity contribution in [1.82, 2.24) is 5.16 Å². The molecule has 0 radical (unpaired) electrons.